The Bertz CT molecular complexity index is 1920. The van der Waals surface area contributed by atoms with Crippen LogP contribution in [0.15, 0.2) is 72.8 Å². The van der Waals surface area contributed by atoms with E-state index in [0.29, 0.717) is 22.0 Å². The van der Waals surface area contributed by atoms with Crippen LogP contribution in [0.25, 0.3) is 0 Å². The van der Waals surface area contributed by atoms with Crippen molar-refractivity contribution in [3.8, 4) is 11.8 Å². The van der Waals surface area contributed by atoms with E-state index in [0.717, 1.165) is 24.0 Å². The van der Waals surface area contributed by atoms with Gasteiger partial charge in [0, 0.05) is 35.9 Å². The summed E-state index contributed by atoms with van der Waals surface area (Å²) < 4.78 is 48.8. The maximum absolute atomic E-state index is 12.9. The number of alkyl halides is 3. The van der Waals surface area contributed by atoms with Crippen molar-refractivity contribution in [2.75, 3.05) is 37.4 Å². The second-order valence-corrected chi connectivity index (χ2v) is 13.6. The summed E-state index contributed by atoms with van der Waals surface area (Å²) in [4.78, 5) is 50.0. The predicted octanol–water partition coefficient (Wildman–Crippen LogP) is 5.51. The lowest BCUT2D eigenvalue weighted by molar-refractivity contribution is -0.154. The van der Waals surface area contributed by atoms with E-state index in [4.69, 9.17) is 21.1 Å². The van der Waals surface area contributed by atoms with Gasteiger partial charge in [-0.25, -0.2) is 0 Å². The predicted molar refractivity (Wildman–Crippen MR) is 191 cm³/mol. The minimum atomic E-state index is -4.61. The van der Waals surface area contributed by atoms with Gasteiger partial charge in [0.2, 0.25) is 11.9 Å². The first-order valence-electron chi connectivity index (χ1n) is 16.5. The van der Waals surface area contributed by atoms with E-state index in [1.54, 1.807) is 60.7 Å². The van der Waals surface area contributed by atoms with Crippen LogP contribution in [0, 0.1) is 5.41 Å². The first kappa shape index (κ1) is 38.6. The number of rotatable bonds is 15. The molecule has 53 heavy (non-hydrogen) atoms. The van der Waals surface area contributed by atoms with Crippen LogP contribution in [0.3, 0.4) is 0 Å². The number of hydrogen-bond acceptors (Lipinski definition) is 10. The number of methoxy groups -OCH3 is 1. The van der Waals surface area contributed by atoms with Crippen LogP contribution in [0.4, 0.5) is 30.8 Å². The number of hydrogen-bond donors (Lipinski definition) is 5. The summed E-state index contributed by atoms with van der Waals surface area (Å²) in [5, 5.41) is 14.7. The summed E-state index contributed by atoms with van der Waals surface area (Å²) in [6.45, 7) is 2.48. The van der Waals surface area contributed by atoms with Crippen LogP contribution in [0.5, 0.6) is 11.8 Å². The van der Waals surface area contributed by atoms with Crippen molar-refractivity contribution in [3.05, 3.63) is 94.5 Å². The number of carbonyl (C=O) groups is 3. The van der Waals surface area contributed by atoms with Crippen molar-refractivity contribution in [2.45, 2.75) is 44.9 Å². The van der Waals surface area contributed by atoms with Gasteiger partial charge < -0.3 is 36.1 Å². The molecule has 1 aliphatic carbocycles. The lowest BCUT2D eigenvalue weighted by atomic mass is 9.93. The Labute approximate surface area is 308 Å². The molecule has 1 saturated carbocycles. The number of nitrogens with zero attached hydrogens (tertiary/aromatic N) is 3. The molecule has 4 aromatic rings. The molecule has 280 valence electrons. The van der Waals surface area contributed by atoms with Crippen LogP contribution < -0.4 is 36.1 Å². The molecule has 0 bridgehead atoms. The lowest BCUT2D eigenvalue weighted by Crippen LogP contribution is -2.46. The smallest absolute Gasteiger partial charge is 0.422 e. The summed E-state index contributed by atoms with van der Waals surface area (Å²) in [5.41, 5.74) is 1.31. The van der Waals surface area contributed by atoms with Crippen molar-refractivity contribution < 1.29 is 37.0 Å². The Morgan fingerprint density at radius 1 is 0.849 bits per heavy atom. The lowest BCUT2D eigenvalue weighted by Gasteiger charge is -2.25. The van der Waals surface area contributed by atoms with Crippen LogP contribution in [-0.4, -0.2) is 65.7 Å². The maximum atomic E-state index is 12.9. The van der Waals surface area contributed by atoms with E-state index in [1.807, 2.05) is 26.0 Å². The molecule has 0 aliphatic heterocycles. The number of anilines is 3. The summed E-state index contributed by atoms with van der Waals surface area (Å²) in [6, 6.07) is 20.0. The van der Waals surface area contributed by atoms with E-state index in [-0.39, 0.29) is 31.5 Å². The van der Waals surface area contributed by atoms with Gasteiger partial charge in [0.25, 0.3) is 5.91 Å². The van der Waals surface area contributed by atoms with Crippen LogP contribution >= 0.6 is 11.6 Å². The van der Waals surface area contributed by atoms with Gasteiger partial charge in [0.1, 0.15) is 5.75 Å². The van der Waals surface area contributed by atoms with Crippen molar-refractivity contribution in [1.82, 2.24) is 30.9 Å². The molecule has 0 radical (unpaired) electrons. The van der Waals surface area contributed by atoms with Gasteiger partial charge in [-0.2, -0.15) is 28.1 Å². The quantitative estimate of drug-likeness (QED) is 0.0977. The van der Waals surface area contributed by atoms with E-state index in [1.165, 1.54) is 7.11 Å². The van der Waals surface area contributed by atoms with Crippen molar-refractivity contribution in [3.63, 3.8) is 0 Å². The topological polar surface area (TPSA) is 168 Å². The van der Waals surface area contributed by atoms with Gasteiger partial charge >= 0.3 is 24.0 Å². The summed E-state index contributed by atoms with van der Waals surface area (Å²) in [6.07, 6.45) is -3.14. The van der Waals surface area contributed by atoms with Crippen molar-refractivity contribution >= 4 is 46.9 Å². The summed E-state index contributed by atoms with van der Waals surface area (Å²) in [5.74, 6) is -1.42. The molecule has 0 spiro atoms. The van der Waals surface area contributed by atoms with Gasteiger partial charge in [-0.05, 0) is 77.9 Å². The average molecular weight is 755 g/mol. The largest absolute Gasteiger partial charge is 0.497 e. The normalized spacial score (nSPS) is 13.3. The zero-order valence-electron chi connectivity index (χ0n) is 29.1. The van der Waals surface area contributed by atoms with Crippen LogP contribution in [0.1, 0.15) is 48.2 Å². The minimum absolute atomic E-state index is 0.00999. The van der Waals surface area contributed by atoms with E-state index < -0.39 is 47.5 Å². The highest BCUT2D eigenvalue weighted by Gasteiger charge is 2.45. The SMILES string of the molecule is COc1cccc(CNC(=O)C(=O)NCC(C)(C)CNC(=O)c2ccc(Nc3nc(NC4(c5ccc(Cl)cc5)CC4)nc(OCC(F)(F)F)n3)cc2)c1. The molecule has 5 rings (SSSR count). The highest BCUT2D eigenvalue weighted by atomic mass is 35.5. The second-order valence-electron chi connectivity index (χ2n) is 13.1. The molecule has 5 N–H and O–H groups in total. The number of ether oxygens (including phenoxy) is 2. The Balaban J connectivity index is 1.15. The Kier molecular flexibility index (Phi) is 11.9. The second kappa shape index (κ2) is 16.4. The zero-order chi connectivity index (χ0) is 38.2. The number of nitrogens with one attached hydrogen (secondary N) is 5. The Morgan fingerprint density at radius 3 is 2.17 bits per heavy atom. The molecule has 1 fully saturated rings. The Hall–Kier alpha value is -5.64. The van der Waals surface area contributed by atoms with Gasteiger partial charge in [-0.1, -0.05) is 49.7 Å². The fourth-order valence-electron chi connectivity index (χ4n) is 5.04. The molecule has 13 nitrogen and oxygen atoms in total. The molecule has 3 aromatic carbocycles. The Morgan fingerprint density at radius 2 is 1.51 bits per heavy atom. The van der Waals surface area contributed by atoms with Crippen LogP contribution in [0.2, 0.25) is 5.02 Å². The maximum Gasteiger partial charge on any atom is 0.422 e. The van der Waals surface area contributed by atoms with E-state index in [9.17, 15) is 27.6 Å². The molecule has 1 heterocycles. The van der Waals surface area contributed by atoms with Gasteiger partial charge in [0.15, 0.2) is 6.61 Å². The highest BCUT2D eigenvalue weighted by Crippen LogP contribution is 2.48. The number of amides is 3. The molecule has 17 heteroatoms. The third-order valence-corrected chi connectivity index (χ3v) is 8.38. The standard InChI is InChI=1S/C36H38ClF3N8O5/c1-34(2,20-43-30(51)29(50)41-18-22-5-4-6-27(17-22)52-3)19-42-28(49)23-7-13-26(14-8-23)44-31-45-32(47-33(46-31)53-21-36(38,39)40)48-35(15-16-35)24-9-11-25(37)12-10-24/h4-14,17H,15-16,18-21H2,1-3H3,(H,41,50)(H,42,49)(H,43,51)(H2,44,45,46,47,48). The third-order valence-electron chi connectivity index (χ3n) is 8.13. The summed E-state index contributed by atoms with van der Waals surface area (Å²) >= 11 is 6.03. The average Bonchev–Trinajstić information content (AvgIpc) is 3.91. The first-order valence-corrected chi connectivity index (χ1v) is 16.8. The molecular formula is C36H38ClF3N8O5. The number of halogens is 4. The molecule has 0 unspecified atom stereocenters. The number of benzene rings is 3. The highest BCUT2D eigenvalue weighted by molar-refractivity contribution is 6.35. The van der Waals surface area contributed by atoms with Gasteiger partial charge in [0.05, 0.1) is 12.6 Å². The van der Waals surface area contributed by atoms with E-state index in [2.05, 4.69) is 41.5 Å². The molecule has 0 saturated heterocycles. The monoisotopic (exact) mass is 754 g/mol. The van der Waals surface area contributed by atoms with Gasteiger partial charge in [-0.3, -0.25) is 14.4 Å². The van der Waals surface area contributed by atoms with E-state index >= 15 is 0 Å². The van der Waals surface area contributed by atoms with Crippen LogP contribution in [-0.2, 0) is 21.7 Å². The molecule has 1 aliphatic rings. The minimum Gasteiger partial charge on any atom is -0.497 e. The molecule has 1 aromatic heterocycles. The fourth-order valence-corrected chi connectivity index (χ4v) is 5.16. The number of carbonyl (C=O) groups excluding carboxylic acids is 3. The first-order chi connectivity index (χ1) is 25.1. The molecular weight excluding hydrogens is 717 g/mol. The third kappa shape index (κ3) is 11.4. The van der Waals surface area contributed by atoms with Crippen molar-refractivity contribution in [1.29, 1.82) is 0 Å². The fraction of sp³-hybridized carbons (Fsp3) is 0.333. The zero-order valence-corrected chi connectivity index (χ0v) is 29.8. The summed E-state index contributed by atoms with van der Waals surface area (Å²) in [7, 11) is 1.54. The molecule has 3 amide bonds. The van der Waals surface area contributed by atoms with Crippen molar-refractivity contribution in [2.24, 2.45) is 5.41 Å². The molecule has 0 atom stereocenters. The number of aromatic nitrogens is 3. The van der Waals surface area contributed by atoms with Gasteiger partial charge in [-0.15, -0.1) is 0 Å².